The van der Waals surface area contributed by atoms with Crippen LogP contribution in [0.4, 0.5) is 5.69 Å². The number of carbonyl (C=O) groups excluding carboxylic acids is 1. The number of hydrogen-bond donors (Lipinski definition) is 1. The van der Waals surface area contributed by atoms with Gasteiger partial charge < -0.3 is 10.1 Å². The normalized spacial score (nSPS) is 10.2. The van der Waals surface area contributed by atoms with Crippen LogP contribution in [-0.4, -0.2) is 12.6 Å². The summed E-state index contributed by atoms with van der Waals surface area (Å²) in [6.07, 6.45) is 0. The van der Waals surface area contributed by atoms with E-state index in [9.17, 15) is 4.79 Å². The minimum absolute atomic E-state index is 0.310. The SMILES string of the molecule is CCOC(=O)c1cccc(NCc2ccc(Cl)c(Br)c2)c1. The highest BCUT2D eigenvalue weighted by atomic mass is 79.9. The predicted molar refractivity (Wildman–Crippen MR) is 88.9 cm³/mol. The van der Waals surface area contributed by atoms with Crippen molar-refractivity contribution in [1.82, 2.24) is 0 Å². The van der Waals surface area contributed by atoms with E-state index in [2.05, 4.69) is 21.2 Å². The molecule has 0 spiro atoms. The van der Waals surface area contributed by atoms with Gasteiger partial charge in [-0.1, -0.05) is 23.7 Å². The highest BCUT2D eigenvalue weighted by Gasteiger charge is 2.06. The summed E-state index contributed by atoms with van der Waals surface area (Å²) >= 11 is 9.36. The summed E-state index contributed by atoms with van der Waals surface area (Å²) in [7, 11) is 0. The summed E-state index contributed by atoms with van der Waals surface area (Å²) in [5, 5.41) is 3.96. The summed E-state index contributed by atoms with van der Waals surface area (Å²) in [6, 6.07) is 13.0. The van der Waals surface area contributed by atoms with Gasteiger partial charge >= 0.3 is 5.97 Å². The predicted octanol–water partition coefficient (Wildman–Crippen LogP) is 4.89. The summed E-state index contributed by atoms with van der Waals surface area (Å²) in [6.45, 7) is 2.80. The van der Waals surface area contributed by atoms with Crippen molar-refractivity contribution in [2.24, 2.45) is 0 Å². The van der Waals surface area contributed by atoms with Gasteiger partial charge in [0, 0.05) is 16.7 Å². The molecule has 3 nitrogen and oxygen atoms in total. The number of carbonyl (C=O) groups is 1. The molecule has 2 aromatic rings. The third kappa shape index (κ3) is 4.48. The van der Waals surface area contributed by atoms with Crippen LogP contribution in [0.15, 0.2) is 46.9 Å². The van der Waals surface area contributed by atoms with E-state index in [0.29, 0.717) is 23.7 Å². The van der Waals surface area contributed by atoms with E-state index >= 15 is 0 Å². The molecule has 110 valence electrons. The minimum atomic E-state index is -0.310. The molecule has 5 heteroatoms. The number of ether oxygens (including phenoxy) is 1. The molecule has 0 saturated carbocycles. The zero-order valence-corrected chi connectivity index (χ0v) is 13.9. The quantitative estimate of drug-likeness (QED) is 0.764. The average molecular weight is 369 g/mol. The summed E-state index contributed by atoms with van der Waals surface area (Å²) in [5.74, 6) is -0.310. The maximum absolute atomic E-state index is 11.7. The molecular formula is C16H15BrClNO2. The molecule has 0 radical (unpaired) electrons. The molecule has 0 bridgehead atoms. The van der Waals surface area contributed by atoms with Gasteiger partial charge in [0.25, 0.3) is 0 Å². The maximum atomic E-state index is 11.7. The van der Waals surface area contributed by atoms with Crippen LogP contribution in [0.5, 0.6) is 0 Å². The largest absolute Gasteiger partial charge is 0.462 e. The zero-order valence-electron chi connectivity index (χ0n) is 11.5. The van der Waals surface area contributed by atoms with E-state index in [1.807, 2.05) is 30.3 Å². The van der Waals surface area contributed by atoms with Crippen molar-refractivity contribution in [1.29, 1.82) is 0 Å². The Bertz CT molecular complexity index is 646. The van der Waals surface area contributed by atoms with Crippen LogP contribution < -0.4 is 5.32 Å². The fourth-order valence-corrected chi connectivity index (χ4v) is 2.37. The molecule has 0 unspecified atom stereocenters. The van der Waals surface area contributed by atoms with E-state index in [1.54, 1.807) is 19.1 Å². The number of hydrogen-bond acceptors (Lipinski definition) is 3. The molecule has 0 aromatic heterocycles. The van der Waals surface area contributed by atoms with Gasteiger partial charge in [0.15, 0.2) is 0 Å². The van der Waals surface area contributed by atoms with Crippen molar-refractivity contribution in [2.45, 2.75) is 13.5 Å². The Balaban J connectivity index is 2.04. The number of halogens is 2. The topological polar surface area (TPSA) is 38.3 Å². The van der Waals surface area contributed by atoms with E-state index in [0.717, 1.165) is 15.7 Å². The van der Waals surface area contributed by atoms with Crippen molar-refractivity contribution in [3.05, 3.63) is 63.1 Å². The van der Waals surface area contributed by atoms with Gasteiger partial charge in [-0.25, -0.2) is 4.79 Å². The van der Waals surface area contributed by atoms with Crippen LogP contribution in [0.2, 0.25) is 5.02 Å². The van der Waals surface area contributed by atoms with Gasteiger partial charge in [-0.15, -0.1) is 0 Å². The molecular weight excluding hydrogens is 354 g/mol. The monoisotopic (exact) mass is 367 g/mol. The fraction of sp³-hybridized carbons (Fsp3) is 0.188. The molecule has 21 heavy (non-hydrogen) atoms. The first kappa shape index (κ1) is 15.9. The molecule has 0 atom stereocenters. The Hall–Kier alpha value is -1.52. The number of rotatable bonds is 5. The van der Waals surface area contributed by atoms with Gasteiger partial charge in [-0.3, -0.25) is 0 Å². The van der Waals surface area contributed by atoms with Crippen molar-refractivity contribution in [2.75, 3.05) is 11.9 Å². The first-order valence-electron chi connectivity index (χ1n) is 6.55. The van der Waals surface area contributed by atoms with E-state index in [4.69, 9.17) is 16.3 Å². The molecule has 0 amide bonds. The Morgan fingerprint density at radius 2 is 2.10 bits per heavy atom. The standard InChI is InChI=1S/C16H15BrClNO2/c1-2-21-16(20)12-4-3-5-13(9-12)19-10-11-6-7-15(18)14(17)8-11/h3-9,19H,2,10H2,1H3. The lowest BCUT2D eigenvalue weighted by molar-refractivity contribution is 0.0526. The highest BCUT2D eigenvalue weighted by molar-refractivity contribution is 9.10. The number of benzene rings is 2. The first-order chi connectivity index (χ1) is 10.1. The van der Waals surface area contributed by atoms with Gasteiger partial charge in [0.05, 0.1) is 17.2 Å². The lowest BCUT2D eigenvalue weighted by Gasteiger charge is -2.09. The summed E-state index contributed by atoms with van der Waals surface area (Å²) in [5.41, 5.74) is 2.50. The zero-order chi connectivity index (χ0) is 15.2. The molecule has 0 saturated heterocycles. The molecule has 2 rings (SSSR count). The number of esters is 1. The third-order valence-electron chi connectivity index (χ3n) is 2.85. The number of nitrogens with one attached hydrogen (secondary N) is 1. The van der Waals surface area contributed by atoms with Crippen LogP contribution in [0.1, 0.15) is 22.8 Å². The Kier molecular flexibility index (Phi) is 5.65. The van der Waals surface area contributed by atoms with E-state index in [1.165, 1.54) is 0 Å². The van der Waals surface area contributed by atoms with Crippen LogP contribution in [0.25, 0.3) is 0 Å². The second kappa shape index (κ2) is 7.48. The van der Waals surface area contributed by atoms with E-state index in [-0.39, 0.29) is 5.97 Å². The van der Waals surface area contributed by atoms with Crippen LogP contribution in [-0.2, 0) is 11.3 Å². The van der Waals surface area contributed by atoms with E-state index < -0.39 is 0 Å². The minimum Gasteiger partial charge on any atom is -0.462 e. The lowest BCUT2D eigenvalue weighted by Crippen LogP contribution is -2.06. The summed E-state index contributed by atoms with van der Waals surface area (Å²) < 4.78 is 5.85. The second-order valence-electron chi connectivity index (χ2n) is 4.40. The fourth-order valence-electron chi connectivity index (χ4n) is 1.82. The van der Waals surface area contributed by atoms with Gasteiger partial charge in [-0.2, -0.15) is 0 Å². The average Bonchev–Trinajstić information content (AvgIpc) is 2.49. The van der Waals surface area contributed by atoms with Gasteiger partial charge in [0.2, 0.25) is 0 Å². The summed E-state index contributed by atoms with van der Waals surface area (Å²) in [4.78, 5) is 11.7. The van der Waals surface area contributed by atoms with Crippen molar-refractivity contribution in [3.8, 4) is 0 Å². The van der Waals surface area contributed by atoms with Crippen molar-refractivity contribution in [3.63, 3.8) is 0 Å². The molecule has 0 fully saturated rings. The Morgan fingerprint density at radius 3 is 2.81 bits per heavy atom. The Morgan fingerprint density at radius 1 is 1.29 bits per heavy atom. The molecule has 0 aliphatic heterocycles. The van der Waals surface area contributed by atoms with Crippen LogP contribution in [0, 0.1) is 0 Å². The smallest absolute Gasteiger partial charge is 0.338 e. The number of anilines is 1. The molecule has 0 aliphatic carbocycles. The molecule has 0 heterocycles. The highest BCUT2D eigenvalue weighted by Crippen LogP contribution is 2.23. The molecule has 2 aromatic carbocycles. The molecule has 1 N–H and O–H groups in total. The lowest BCUT2D eigenvalue weighted by atomic mass is 10.2. The first-order valence-corrected chi connectivity index (χ1v) is 7.72. The van der Waals surface area contributed by atoms with Crippen LogP contribution in [0.3, 0.4) is 0 Å². The third-order valence-corrected chi connectivity index (χ3v) is 4.07. The van der Waals surface area contributed by atoms with Gasteiger partial charge in [-0.05, 0) is 58.7 Å². The van der Waals surface area contributed by atoms with Crippen molar-refractivity contribution < 1.29 is 9.53 Å². The van der Waals surface area contributed by atoms with Crippen LogP contribution >= 0.6 is 27.5 Å². The maximum Gasteiger partial charge on any atom is 0.338 e. The Labute approximate surface area is 137 Å². The van der Waals surface area contributed by atoms with Crippen molar-refractivity contribution >= 4 is 39.2 Å². The molecule has 0 aliphatic rings. The van der Waals surface area contributed by atoms with Gasteiger partial charge in [0.1, 0.15) is 0 Å². The second-order valence-corrected chi connectivity index (χ2v) is 5.66.